The number of ether oxygens (including phenoxy) is 1. The van der Waals surface area contributed by atoms with Crippen LogP contribution >= 0.6 is 0 Å². The van der Waals surface area contributed by atoms with E-state index >= 15 is 0 Å². The minimum Gasteiger partial charge on any atom is -0.444 e. The van der Waals surface area contributed by atoms with Gasteiger partial charge in [-0.1, -0.05) is 6.92 Å². The van der Waals surface area contributed by atoms with Gasteiger partial charge in [-0.2, -0.15) is 0 Å². The van der Waals surface area contributed by atoms with E-state index in [4.69, 9.17) is 4.74 Å². The minimum absolute atomic E-state index is 0.294. The standard InChI is InChI=1S/C13H28N2O3/c1-6-7-14-8-9-15(10-11(2)16)12(17)18-13(3,4)5/h11,14,16H,6-10H2,1-5H3. The number of hydrogen-bond donors (Lipinski definition) is 2. The Morgan fingerprint density at radius 3 is 2.44 bits per heavy atom. The molecule has 5 nitrogen and oxygen atoms in total. The van der Waals surface area contributed by atoms with Gasteiger partial charge < -0.3 is 20.1 Å². The largest absolute Gasteiger partial charge is 0.444 e. The normalized spacial score (nSPS) is 13.2. The van der Waals surface area contributed by atoms with E-state index in [0.29, 0.717) is 19.6 Å². The first-order chi connectivity index (χ1) is 8.26. The van der Waals surface area contributed by atoms with Gasteiger partial charge in [-0.15, -0.1) is 0 Å². The molecule has 0 aromatic heterocycles. The van der Waals surface area contributed by atoms with E-state index in [0.717, 1.165) is 13.0 Å². The third-order valence-electron chi connectivity index (χ3n) is 2.12. The molecule has 1 amide bonds. The van der Waals surface area contributed by atoms with Crippen molar-refractivity contribution in [3.63, 3.8) is 0 Å². The minimum atomic E-state index is -0.552. The number of hydrogen-bond acceptors (Lipinski definition) is 4. The molecule has 0 radical (unpaired) electrons. The number of aliphatic hydroxyl groups excluding tert-OH is 1. The number of carbonyl (C=O) groups excluding carboxylic acids is 1. The van der Waals surface area contributed by atoms with Gasteiger partial charge in [-0.25, -0.2) is 4.79 Å². The van der Waals surface area contributed by atoms with Gasteiger partial charge in [0, 0.05) is 19.6 Å². The molecule has 0 saturated carbocycles. The molecule has 0 aliphatic carbocycles. The highest BCUT2D eigenvalue weighted by Gasteiger charge is 2.22. The van der Waals surface area contributed by atoms with Crippen LogP contribution in [0, 0.1) is 0 Å². The summed E-state index contributed by atoms with van der Waals surface area (Å²) in [7, 11) is 0. The number of nitrogens with one attached hydrogen (secondary N) is 1. The molecule has 0 rings (SSSR count). The number of amides is 1. The van der Waals surface area contributed by atoms with Crippen molar-refractivity contribution in [1.82, 2.24) is 10.2 Å². The third-order valence-corrected chi connectivity index (χ3v) is 2.12. The van der Waals surface area contributed by atoms with E-state index < -0.39 is 11.7 Å². The van der Waals surface area contributed by atoms with Crippen LogP contribution in [0.25, 0.3) is 0 Å². The maximum atomic E-state index is 11.9. The zero-order valence-corrected chi connectivity index (χ0v) is 12.3. The molecule has 0 saturated heterocycles. The summed E-state index contributed by atoms with van der Waals surface area (Å²) in [4.78, 5) is 13.5. The molecule has 1 atom stereocenters. The van der Waals surface area contributed by atoms with Crippen molar-refractivity contribution in [2.45, 2.75) is 52.7 Å². The zero-order chi connectivity index (χ0) is 14.2. The Balaban J connectivity index is 4.24. The Bertz CT molecular complexity index is 237. The molecular weight excluding hydrogens is 232 g/mol. The van der Waals surface area contributed by atoms with E-state index in [9.17, 15) is 9.90 Å². The van der Waals surface area contributed by atoms with Crippen LogP contribution in [0.5, 0.6) is 0 Å². The lowest BCUT2D eigenvalue weighted by molar-refractivity contribution is 0.0164. The van der Waals surface area contributed by atoms with Crippen LogP contribution in [0.2, 0.25) is 0 Å². The Morgan fingerprint density at radius 1 is 1.39 bits per heavy atom. The summed E-state index contributed by atoms with van der Waals surface area (Å²) in [5.41, 5.74) is -0.509. The van der Waals surface area contributed by atoms with Crippen LogP contribution < -0.4 is 5.32 Å². The monoisotopic (exact) mass is 260 g/mol. The van der Waals surface area contributed by atoms with Gasteiger partial charge in [0.2, 0.25) is 0 Å². The molecule has 18 heavy (non-hydrogen) atoms. The van der Waals surface area contributed by atoms with Crippen molar-refractivity contribution in [3.05, 3.63) is 0 Å². The molecule has 0 spiro atoms. The molecule has 0 aromatic carbocycles. The summed E-state index contributed by atoms with van der Waals surface area (Å²) in [6, 6.07) is 0. The molecule has 1 unspecified atom stereocenters. The summed E-state index contributed by atoms with van der Waals surface area (Å²) in [6.07, 6.45) is 0.133. The average Bonchev–Trinajstić information content (AvgIpc) is 2.19. The lowest BCUT2D eigenvalue weighted by Crippen LogP contribution is -2.43. The highest BCUT2D eigenvalue weighted by Crippen LogP contribution is 2.10. The van der Waals surface area contributed by atoms with Gasteiger partial charge >= 0.3 is 6.09 Å². The van der Waals surface area contributed by atoms with Crippen LogP contribution in [0.3, 0.4) is 0 Å². The number of aliphatic hydroxyl groups is 1. The molecule has 0 aliphatic rings. The molecule has 108 valence electrons. The highest BCUT2D eigenvalue weighted by atomic mass is 16.6. The van der Waals surface area contributed by atoms with Crippen LogP contribution in [0.15, 0.2) is 0 Å². The quantitative estimate of drug-likeness (QED) is 0.683. The molecule has 5 heteroatoms. The van der Waals surface area contributed by atoms with Gasteiger partial charge in [0.05, 0.1) is 6.10 Å². The average molecular weight is 260 g/mol. The summed E-state index contributed by atoms with van der Waals surface area (Å²) in [6.45, 7) is 11.7. The van der Waals surface area contributed by atoms with Crippen molar-refractivity contribution in [2.24, 2.45) is 0 Å². The van der Waals surface area contributed by atoms with E-state index in [-0.39, 0.29) is 6.09 Å². The summed E-state index contributed by atoms with van der Waals surface area (Å²) >= 11 is 0. The predicted octanol–water partition coefficient (Wildman–Crippen LogP) is 1.60. The van der Waals surface area contributed by atoms with Gasteiger partial charge in [0.25, 0.3) is 0 Å². The first-order valence-electron chi connectivity index (χ1n) is 6.63. The van der Waals surface area contributed by atoms with Crippen molar-refractivity contribution >= 4 is 6.09 Å². The molecule has 2 N–H and O–H groups in total. The Hall–Kier alpha value is -0.810. The number of nitrogens with zero attached hydrogens (tertiary/aromatic N) is 1. The predicted molar refractivity (Wildman–Crippen MR) is 72.6 cm³/mol. The summed E-state index contributed by atoms with van der Waals surface area (Å²) in [5, 5.41) is 12.6. The van der Waals surface area contributed by atoms with Crippen molar-refractivity contribution in [2.75, 3.05) is 26.2 Å². The number of rotatable bonds is 7. The SMILES string of the molecule is CCCNCCN(CC(C)O)C(=O)OC(C)(C)C. The first kappa shape index (κ1) is 17.2. The topological polar surface area (TPSA) is 61.8 Å². The Morgan fingerprint density at radius 2 is 2.00 bits per heavy atom. The van der Waals surface area contributed by atoms with E-state index in [1.807, 2.05) is 20.8 Å². The second-order valence-corrected chi connectivity index (χ2v) is 5.53. The lowest BCUT2D eigenvalue weighted by atomic mass is 10.2. The maximum Gasteiger partial charge on any atom is 0.410 e. The van der Waals surface area contributed by atoms with Crippen molar-refractivity contribution in [1.29, 1.82) is 0 Å². The lowest BCUT2D eigenvalue weighted by Gasteiger charge is -2.28. The van der Waals surface area contributed by atoms with Crippen molar-refractivity contribution < 1.29 is 14.6 Å². The fourth-order valence-corrected chi connectivity index (χ4v) is 1.42. The second-order valence-electron chi connectivity index (χ2n) is 5.53. The molecule has 0 bridgehead atoms. The van der Waals surface area contributed by atoms with E-state index in [1.165, 1.54) is 0 Å². The smallest absolute Gasteiger partial charge is 0.410 e. The summed E-state index contributed by atoms with van der Waals surface area (Å²) in [5.74, 6) is 0. The Kier molecular flexibility index (Phi) is 7.95. The van der Waals surface area contributed by atoms with Gasteiger partial charge in [-0.3, -0.25) is 0 Å². The fraction of sp³-hybridized carbons (Fsp3) is 0.923. The second kappa shape index (κ2) is 8.32. The van der Waals surface area contributed by atoms with E-state index in [2.05, 4.69) is 12.2 Å². The molecule has 0 aromatic rings. The van der Waals surface area contributed by atoms with Gasteiger partial charge in [-0.05, 0) is 40.7 Å². The molecule has 0 heterocycles. The molecule has 0 fully saturated rings. The van der Waals surface area contributed by atoms with Crippen LogP contribution in [0.4, 0.5) is 4.79 Å². The number of carbonyl (C=O) groups is 1. The van der Waals surface area contributed by atoms with Crippen molar-refractivity contribution in [3.8, 4) is 0 Å². The van der Waals surface area contributed by atoms with Gasteiger partial charge in [0.15, 0.2) is 0 Å². The Labute approximate surface area is 110 Å². The fourth-order valence-electron chi connectivity index (χ4n) is 1.42. The van der Waals surface area contributed by atoms with Crippen LogP contribution in [0.1, 0.15) is 41.0 Å². The van der Waals surface area contributed by atoms with Gasteiger partial charge in [0.1, 0.15) is 5.60 Å². The zero-order valence-electron chi connectivity index (χ0n) is 12.3. The first-order valence-corrected chi connectivity index (χ1v) is 6.63. The maximum absolute atomic E-state index is 11.9. The summed E-state index contributed by atoms with van der Waals surface area (Å²) < 4.78 is 5.31. The molecule has 0 aliphatic heterocycles. The van der Waals surface area contributed by atoms with E-state index in [1.54, 1.807) is 11.8 Å². The van der Waals surface area contributed by atoms with Crippen LogP contribution in [-0.4, -0.2) is 54.0 Å². The van der Waals surface area contributed by atoms with Crippen LogP contribution in [-0.2, 0) is 4.74 Å². The third kappa shape index (κ3) is 9.24. The highest BCUT2D eigenvalue weighted by molar-refractivity contribution is 5.68. The molecular formula is C13H28N2O3.